The summed E-state index contributed by atoms with van der Waals surface area (Å²) in [6.45, 7) is 5.86. The van der Waals surface area contributed by atoms with E-state index in [0.29, 0.717) is 96.9 Å². The Balaban J connectivity index is 1.01. The molecule has 10 rings (SSSR count). The molecule has 12 atom stereocenters. The van der Waals surface area contributed by atoms with Crippen molar-refractivity contribution in [3.63, 3.8) is 0 Å². The van der Waals surface area contributed by atoms with Crippen LogP contribution in [0, 0.1) is 71.0 Å². The molecule has 8 nitrogen and oxygen atoms in total. The number of hydrogen-bond donors (Lipinski definition) is 2. The fourth-order valence-corrected chi connectivity index (χ4v) is 11.5. The summed E-state index contributed by atoms with van der Waals surface area (Å²) in [4.78, 5) is 26.4. The molecule has 6 aliphatic carbocycles. The summed E-state index contributed by atoms with van der Waals surface area (Å²) in [5.74, 6) is 8.95. The Morgan fingerprint density at radius 1 is 0.562 bits per heavy atom. The first-order valence-electron chi connectivity index (χ1n) is 18.2. The topological polar surface area (TPSA) is 95.1 Å². The van der Waals surface area contributed by atoms with Gasteiger partial charge in [0.2, 0.25) is 25.4 Å². The van der Waals surface area contributed by atoms with Crippen molar-refractivity contribution in [1.29, 1.82) is 0 Å². The van der Waals surface area contributed by atoms with Gasteiger partial charge < -0.3 is 29.6 Å². The second-order valence-corrected chi connectivity index (χ2v) is 15.1. The lowest BCUT2D eigenvalue weighted by molar-refractivity contribution is -0.191. The van der Waals surface area contributed by atoms with Crippen LogP contribution in [0.25, 0.3) is 0 Å². The number of rotatable bonds is 10. The zero-order valence-electron chi connectivity index (χ0n) is 27.8. The highest BCUT2D eigenvalue weighted by Crippen LogP contribution is 2.71. The van der Waals surface area contributed by atoms with Crippen LogP contribution in [0.15, 0.2) is 60.7 Å². The van der Waals surface area contributed by atoms with E-state index in [1.807, 2.05) is 26.0 Å². The van der Waals surface area contributed by atoms with Crippen molar-refractivity contribution in [2.24, 2.45) is 71.0 Å². The van der Waals surface area contributed by atoms with Gasteiger partial charge >= 0.3 is 0 Å². The van der Waals surface area contributed by atoms with E-state index in [9.17, 15) is 9.59 Å². The zero-order chi connectivity index (χ0) is 32.5. The van der Waals surface area contributed by atoms with Crippen LogP contribution in [0.4, 0.5) is 0 Å². The highest BCUT2D eigenvalue weighted by molar-refractivity contribution is 5.77. The maximum absolute atomic E-state index is 13.2. The minimum absolute atomic E-state index is 0.165. The molecule has 0 aromatic heterocycles. The third kappa shape index (κ3) is 4.76. The van der Waals surface area contributed by atoms with Gasteiger partial charge in [0.15, 0.2) is 23.0 Å². The van der Waals surface area contributed by atoms with Crippen LogP contribution >= 0.6 is 0 Å². The Morgan fingerprint density at radius 3 is 1.62 bits per heavy atom. The molecule has 8 heteroatoms. The Morgan fingerprint density at radius 2 is 1.02 bits per heavy atom. The lowest BCUT2D eigenvalue weighted by Gasteiger charge is -2.71. The number of fused-ring (bicyclic) bond motifs is 3. The smallest absolute Gasteiger partial charge is 0.231 e. The monoisotopic (exact) mass is 650 g/mol. The summed E-state index contributed by atoms with van der Waals surface area (Å²) < 4.78 is 22.6. The molecule has 2 aromatic carbocycles. The standard InChI is InChI=1S/C40H46N2O6/c1-3-41-35(43)17-29-27(13-21-5-11-31-33(15-21)47-19-45-31)25-8-7-23-24-9-10-26(37(23)39(25)29)40-30(18-36(44)42-4-2)28(38(24)40)14-22-6-12-32-34(16-22)48-20-46-32/h5-12,15-16,23-30,37-40H,3-4,13-14,17-20H2,1-2H3,(H,41,43)(H,42,44). The summed E-state index contributed by atoms with van der Waals surface area (Å²) >= 11 is 0. The van der Waals surface area contributed by atoms with E-state index in [1.165, 1.54) is 11.1 Å². The zero-order valence-corrected chi connectivity index (χ0v) is 27.8. The SMILES string of the molecule is CCNC(=O)CC1C(Cc2ccc3c(c2)OCO3)C2C=CC3C4C=CC(C3C21)C1C(CC(=O)NCC)C(Cc2ccc3c(c2)OCO3)C41. The molecule has 2 bridgehead atoms. The number of ether oxygens (including phenoxy) is 4. The van der Waals surface area contributed by atoms with Gasteiger partial charge in [-0.3, -0.25) is 9.59 Å². The third-order valence-electron chi connectivity index (χ3n) is 13.2. The van der Waals surface area contributed by atoms with Crippen LogP contribution < -0.4 is 29.6 Å². The Bertz CT molecular complexity index is 1670. The van der Waals surface area contributed by atoms with Gasteiger partial charge in [0.05, 0.1) is 0 Å². The van der Waals surface area contributed by atoms with E-state index in [-0.39, 0.29) is 25.4 Å². The number of nitrogens with one attached hydrogen (secondary N) is 2. The lowest BCUT2D eigenvalue weighted by atomic mass is 9.33. The highest BCUT2D eigenvalue weighted by atomic mass is 16.7. The second-order valence-electron chi connectivity index (χ2n) is 15.1. The lowest BCUT2D eigenvalue weighted by Crippen LogP contribution is -2.67. The normalized spacial score (nSPS) is 36.7. The van der Waals surface area contributed by atoms with Gasteiger partial charge in [-0.25, -0.2) is 0 Å². The van der Waals surface area contributed by atoms with Gasteiger partial charge in [-0.05, 0) is 133 Å². The van der Waals surface area contributed by atoms with Crippen LogP contribution in [-0.4, -0.2) is 38.5 Å². The van der Waals surface area contributed by atoms with Gasteiger partial charge in [-0.1, -0.05) is 36.4 Å². The Kier molecular flexibility index (Phi) is 7.46. The van der Waals surface area contributed by atoms with Crippen molar-refractivity contribution >= 4 is 11.8 Å². The predicted molar refractivity (Wildman–Crippen MR) is 179 cm³/mol. The molecule has 12 unspecified atom stereocenters. The second kappa shape index (κ2) is 11.9. The molecule has 8 aliphatic rings. The highest BCUT2D eigenvalue weighted by Gasteiger charge is 2.67. The quantitative estimate of drug-likeness (QED) is 0.328. The predicted octanol–water partition coefficient (Wildman–Crippen LogP) is 5.56. The van der Waals surface area contributed by atoms with Crippen LogP contribution in [0.2, 0.25) is 0 Å². The first-order chi connectivity index (χ1) is 23.5. The van der Waals surface area contributed by atoms with Crippen LogP contribution in [0.1, 0.15) is 37.8 Å². The molecular formula is C40H46N2O6. The molecule has 2 aromatic rings. The summed E-state index contributed by atoms with van der Waals surface area (Å²) in [6, 6.07) is 12.7. The largest absolute Gasteiger partial charge is 0.454 e. The van der Waals surface area contributed by atoms with Gasteiger partial charge in [0, 0.05) is 25.9 Å². The Labute approximate surface area is 282 Å². The minimum Gasteiger partial charge on any atom is -0.454 e. The first kappa shape index (κ1) is 30.1. The summed E-state index contributed by atoms with van der Waals surface area (Å²) in [6.07, 6.45) is 13.2. The number of hydrogen-bond acceptors (Lipinski definition) is 6. The van der Waals surface area contributed by atoms with Gasteiger partial charge in [-0.2, -0.15) is 0 Å². The van der Waals surface area contributed by atoms with Crippen molar-refractivity contribution in [1.82, 2.24) is 10.6 Å². The third-order valence-corrected chi connectivity index (χ3v) is 13.2. The Hall–Kier alpha value is -3.94. The summed E-state index contributed by atoms with van der Waals surface area (Å²) in [5, 5.41) is 6.21. The number of allylic oxidation sites excluding steroid dienone is 4. The molecule has 2 N–H and O–H groups in total. The molecule has 0 saturated heterocycles. The first-order valence-corrected chi connectivity index (χ1v) is 18.2. The molecule has 2 aliphatic heterocycles. The van der Waals surface area contributed by atoms with E-state index < -0.39 is 0 Å². The van der Waals surface area contributed by atoms with Gasteiger partial charge in [-0.15, -0.1) is 0 Å². The van der Waals surface area contributed by atoms with E-state index >= 15 is 0 Å². The number of benzene rings is 2. The van der Waals surface area contributed by atoms with E-state index in [4.69, 9.17) is 18.9 Å². The maximum atomic E-state index is 13.2. The average Bonchev–Trinajstić information content (AvgIpc) is 3.76. The molecule has 0 radical (unpaired) electrons. The van der Waals surface area contributed by atoms with Crippen molar-refractivity contribution in [3.8, 4) is 23.0 Å². The maximum Gasteiger partial charge on any atom is 0.231 e. The van der Waals surface area contributed by atoms with Gasteiger partial charge in [0.1, 0.15) is 0 Å². The number of carbonyl (C=O) groups is 2. The van der Waals surface area contributed by atoms with Crippen LogP contribution in [0.3, 0.4) is 0 Å². The van der Waals surface area contributed by atoms with E-state index in [2.05, 4.69) is 59.2 Å². The van der Waals surface area contributed by atoms with Crippen LogP contribution in [0.5, 0.6) is 23.0 Å². The fourth-order valence-electron chi connectivity index (χ4n) is 11.5. The van der Waals surface area contributed by atoms with E-state index in [1.54, 1.807) is 0 Å². The molecule has 2 amide bonds. The molecule has 0 spiro atoms. The average molecular weight is 651 g/mol. The molecule has 48 heavy (non-hydrogen) atoms. The molecule has 3 fully saturated rings. The van der Waals surface area contributed by atoms with Gasteiger partial charge in [0.25, 0.3) is 0 Å². The van der Waals surface area contributed by atoms with Crippen molar-refractivity contribution in [3.05, 3.63) is 71.8 Å². The van der Waals surface area contributed by atoms with Crippen molar-refractivity contribution < 1.29 is 28.5 Å². The minimum atomic E-state index is 0.165. The van der Waals surface area contributed by atoms with Crippen molar-refractivity contribution in [2.75, 3.05) is 26.7 Å². The summed E-state index contributed by atoms with van der Waals surface area (Å²) in [7, 11) is 0. The summed E-state index contributed by atoms with van der Waals surface area (Å²) in [5.41, 5.74) is 2.51. The molecular weight excluding hydrogens is 604 g/mol. The fraction of sp³-hybridized carbons (Fsp3) is 0.550. The number of amides is 2. The molecule has 252 valence electrons. The van der Waals surface area contributed by atoms with Crippen LogP contribution in [-0.2, 0) is 22.4 Å². The van der Waals surface area contributed by atoms with Crippen molar-refractivity contribution in [2.45, 2.75) is 39.5 Å². The molecule has 3 saturated carbocycles. The molecule has 2 heterocycles. The van der Waals surface area contributed by atoms with E-state index in [0.717, 1.165) is 35.8 Å². The number of carbonyl (C=O) groups excluding carboxylic acids is 2.